The van der Waals surface area contributed by atoms with Gasteiger partial charge in [-0.2, -0.15) is 0 Å². The van der Waals surface area contributed by atoms with Crippen LogP contribution in [0.15, 0.2) is 54.6 Å². The highest BCUT2D eigenvalue weighted by Gasteiger charge is 2.09. The minimum absolute atomic E-state index is 0.161. The van der Waals surface area contributed by atoms with Gasteiger partial charge in [0, 0.05) is 24.8 Å². The van der Waals surface area contributed by atoms with E-state index in [2.05, 4.69) is 16.0 Å². The summed E-state index contributed by atoms with van der Waals surface area (Å²) in [5.74, 6) is -0.839. The molecule has 136 valence electrons. The van der Waals surface area contributed by atoms with Gasteiger partial charge in [-0.25, -0.2) is 0 Å². The average Bonchev–Trinajstić information content (AvgIpc) is 2.61. The molecular formula is C20H23N3O3. The maximum absolute atomic E-state index is 11.9. The molecule has 2 aromatic carbocycles. The van der Waals surface area contributed by atoms with Crippen LogP contribution < -0.4 is 16.0 Å². The van der Waals surface area contributed by atoms with Crippen molar-refractivity contribution in [3.05, 3.63) is 60.2 Å². The third kappa shape index (κ3) is 7.17. The fourth-order valence-electron chi connectivity index (χ4n) is 2.42. The lowest BCUT2D eigenvalue weighted by Crippen LogP contribution is -2.29. The first-order valence-electron chi connectivity index (χ1n) is 8.51. The lowest BCUT2D eigenvalue weighted by Gasteiger charge is -2.08. The van der Waals surface area contributed by atoms with E-state index >= 15 is 0 Å². The molecule has 6 heteroatoms. The molecule has 0 bridgehead atoms. The zero-order valence-electron chi connectivity index (χ0n) is 14.7. The predicted octanol–water partition coefficient (Wildman–Crippen LogP) is 2.72. The summed E-state index contributed by atoms with van der Waals surface area (Å²) in [6.07, 6.45) is 1.48. The van der Waals surface area contributed by atoms with Gasteiger partial charge >= 0.3 is 0 Å². The molecule has 3 amide bonds. The van der Waals surface area contributed by atoms with Crippen LogP contribution in [0.25, 0.3) is 0 Å². The summed E-state index contributed by atoms with van der Waals surface area (Å²) in [5, 5.41) is 8.05. The molecule has 0 aliphatic carbocycles. The first-order chi connectivity index (χ1) is 12.5. The molecule has 0 spiro atoms. The average molecular weight is 353 g/mol. The van der Waals surface area contributed by atoms with E-state index in [4.69, 9.17) is 0 Å². The maximum atomic E-state index is 11.9. The van der Waals surface area contributed by atoms with E-state index < -0.39 is 0 Å². The summed E-state index contributed by atoms with van der Waals surface area (Å²) in [7, 11) is 0. The highest BCUT2D eigenvalue weighted by molar-refractivity contribution is 6.03. The molecule has 0 aliphatic heterocycles. The quantitative estimate of drug-likeness (QED) is 0.504. The fourth-order valence-corrected chi connectivity index (χ4v) is 2.42. The molecule has 3 N–H and O–H groups in total. The molecule has 0 atom stereocenters. The van der Waals surface area contributed by atoms with Gasteiger partial charge in [-0.15, -0.1) is 0 Å². The zero-order chi connectivity index (χ0) is 18.8. The molecule has 0 heterocycles. The number of amides is 3. The van der Waals surface area contributed by atoms with E-state index in [1.807, 2.05) is 30.3 Å². The number of hydrogen-bond donors (Lipinski definition) is 3. The number of nitrogens with one attached hydrogen (secondary N) is 3. The van der Waals surface area contributed by atoms with Crippen molar-refractivity contribution in [2.45, 2.75) is 26.2 Å². The third-order valence-corrected chi connectivity index (χ3v) is 3.62. The van der Waals surface area contributed by atoms with Crippen molar-refractivity contribution in [1.29, 1.82) is 0 Å². The highest BCUT2D eigenvalue weighted by atomic mass is 16.2. The summed E-state index contributed by atoms with van der Waals surface area (Å²) in [5.41, 5.74) is 2.44. The van der Waals surface area contributed by atoms with E-state index in [0.717, 1.165) is 12.8 Å². The number of anilines is 2. The smallest absolute Gasteiger partial charge is 0.233 e. The summed E-state index contributed by atoms with van der Waals surface area (Å²) in [6, 6.07) is 16.7. The van der Waals surface area contributed by atoms with Crippen LogP contribution in [-0.4, -0.2) is 24.3 Å². The van der Waals surface area contributed by atoms with Crippen LogP contribution >= 0.6 is 0 Å². The highest BCUT2D eigenvalue weighted by Crippen LogP contribution is 2.13. The van der Waals surface area contributed by atoms with Crippen molar-refractivity contribution in [2.75, 3.05) is 17.2 Å². The second-order valence-electron chi connectivity index (χ2n) is 5.92. The van der Waals surface area contributed by atoms with Gasteiger partial charge in [0.1, 0.15) is 6.42 Å². The molecule has 0 aromatic heterocycles. The van der Waals surface area contributed by atoms with Crippen LogP contribution in [-0.2, 0) is 20.8 Å². The van der Waals surface area contributed by atoms with Gasteiger partial charge in [0.2, 0.25) is 17.7 Å². The Morgan fingerprint density at radius 2 is 1.42 bits per heavy atom. The maximum Gasteiger partial charge on any atom is 0.233 e. The first-order valence-corrected chi connectivity index (χ1v) is 8.51. The summed E-state index contributed by atoms with van der Waals surface area (Å²) >= 11 is 0. The Morgan fingerprint density at radius 1 is 0.808 bits per heavy atom. The molecule has 6 nitrogen and oxygen atoms in total. The minimum Gasteiger partial charge on any atom is -0.356 e. The van der Waals surface area contributed by atoms with Crippen molar-refractivity contribution in [3.63, 3.8) is 0 Å². The second kappa shape index (κ2) is 9.98. The lowest BCUT2D eigenvalue weighted by molar-refractivity contribution is -0.126. The summed E-state index contributed by atoms with van der Waals surface area (Å²) < 4.78 is 0. The molecule has 0 fully saturated rings. The number of carbonyl (C=O) groups excluding carboxylic acids is 3. The fraction of sp³-hybridized carbons (Fsp3) is 0.250. The predicted molar refractivity (Wildman–Crippen MR) is 102 cm³/mol. The van der Waals surface area contributed by atoms with Gasteiger partial charge in [-0.05, 0) is 42.7 Å². The van der Waals surface area contributed by atoms with E-state index in [0.29, 0.717) is 17.9 Å². The molecular weight excluding hydrogens is 330 g/mol. The van der Waals surface area contributed by atoms with E-state index in [-0.39, 0.29) is 24.1 Å². The minimum atomic E-state index is -0.377. The Labute approximate surface area is 153 Å². The van der Waals surface area contributed by atoms with Crippen LogP contribution in [0.3, 0.4) is 0 Å². The molecule has 2 aromatic rings. The Morgan fingerprint density at radius 3 is 2.04 bits per heavy atom. The van der Waals surface area contributed by atoms with Crippen molar-refractivity contribution in [3.8, 4) is 0 Å². The third-order valence-electron chi connectivity index (χ3n) is 3.62. The molecule has 0 saturated carbocycles. The SMILES string of the molecule is CC(=O)Nc1ccc(NC(=O)CC(=O)NCCCc2ccccc2)cc1. The number of hydrogen-bond acceptors (Lipinski definition) is 3. The largest absolute Gasteiger partial charge is 0.356 e. The molecule has 0 saturated heterocycles. The van der Waals surface area contributed by atoms with Crippen LogP contribution in [0, 0.1) is 0 Å². The topological polar surface area (TPSA) is 87.3 Å². The normalized spacial score (nSPS) is 10.0. The number of rotatable bonds is 8. The van der Waals surface area contributed by atoms with Gasteiger partial charge in [-0.3, -0.25) is 14.4 Å². The van der Waals surface area contributed by atoms with Crippen LogP contribution in [0.2, 0.25) is 0 Å². The van der Waals surface area contributed by atoms with Crippen molar-refractivity contribution in [2.24, 2.45) is 0 Å². The molecule has 0 unspecified atom stereocenters. The standard InChI is InChI=1S/C20H23N3O3/c1-15(24)22-17-9-11-18(12-10-17)23-20(26)14-19(25)21-13-5-8-16-6-3-2-4-7-16/h2-4,6-7,9-12H,5,8,13-14H2,1H3,(H,21,25)(H,22,24)(H,23,26). The summed E-state index contributed by atoms with van der Waals surface area (Å²) in [4.78, 5) is 34.7. The number of carbonyl (C=O) groups is 3. The Balaban J connectivity index is 1.66. The lowest BCUT2D eigenvalue weighted by atomic mass is 10.1. The van der Waals surface area contributed by atoms with Crippen LogP contribution in [0.4, 0.5) is 11.4 Å². The molecule has 2 rings (SSSR count). The van der Waals surface area contributed by atoms with E-state index in [9.17, 15) is 14.4 Å². The van der Waals surface area contributed by atoms with Gasteiger partial charge in [0.15, 0.2) is 0 Å². The Hall–Kier alpha value is -3.15. The van der Waals surface area contributed by atoms with Gasteiger partial charge in [-0.1, -0.05) is 30.3 Å². The number of benzene rings is 2. The van der Waals surface area contributed by atoms with Gasteiger partial charge < -0.3 is 16.0 Å². The Kier molecular flexibility index (Phi) is 7.36. The molecule has 26 heavy (non-hydrogen) atoms. The second-order valence-corrected chi connectivity index (χ2v) is 5.92. The molecule has 0 aliphatic rings. The van der Waals surface area contributed by atoms with Crippen molar-refractivity contribution in [1.82, 2.24) is 5.32 Å². The number of aryl methyl sites for hydroxylation is 1. The van der Waals surface area contributed by atoms with Crippen LogP contribution in [0.5, 0.6) is 0 Å². The molecule has 0 radical (unpaired) electrons. The summed E-state index contributed by atoms with van der Waals surface area (Å²) in [6.45, 7) is 1.96. The van der Waals surface area contributed by atoms with Crippen LogP contribution in [0.1, 0.15) is 25.3 Å². The van der Waals surface area contributed by atoms with Gasteiger partial charge in [0.25, 0.3) is 0 Å². The monoisotopic (exact) mass is 353 g/mol. The zero-order valence-corrected chi connectivity index (χ0v) is 14.7. The first kappa shape index (κ1) is 19.2. The Bertz CT molecular complexity index is 743. The van der Waals surface area contributed by atoms with Crippen molar-refractivity contribution < 1.29 is 14.4 Å². The van der Waals surface area contributed by atoms with Gasteiger partial charge in [0.05, 0.1) is 0 Å². The van der Waals surface area contributed by atoms with Crippen molar-refractivity contribution >= 4 is 29.1 Å². The van der Waals surface area contributed by atoms with E-state index in [1.54, 1.807) is 24.3 Å². The van der Waals surface area contributed by atoms with E-state index in [1.165, 1.54) is 12.5 Å².